The fourth-order valence-corrected chi connectivity index (χ4v) is 3.76. The Bertz CT molecular complexity index is 873. The van der Waals surface area contributed by atoms with Gasteiger partial charge in [-0.3, -0.25) is 4.79 Å². The second kappa shape index (κ2) is 6.54. The van der Waals surface area contributed by atoms with Gasteiger partial charge in [0.2, 0.25) is 0 Å². The summed E-state index contributed by atoms with van der Waals surface area (Å²) in [6.07, 6.45) is 0. The summed E-state index contributed by atoms with van der Waals surface area (Å²) in [6.45, 7) is 3.35. The average molecular weight is 400 g/mol. The van der Waals surface area contributed by atoms with Crippen LogP contribution in [0.15, 0.2) is 46.9 Å². The number of hydrogen-bond acceptors (Lipinski definition) is 4. The molecular formula is C19H18BrN3O2. The molecule has 0 atom stereocenters. The number of carbonyl (C=O) groups excluding carboxylic acids is 1. The van der Waals surface area contributed by atoms with E-state index >= 15 is 0 Å². The number of benzene rings is 2. The first-order valence-electron chi connectivity index (χ1n) is 8.24. The maximum atomic E-state index is 12.8. The average Bonchev–Trinajstić information content (AvgIpc) is 2.92. The molecule has 0 saturated carbocycles. The molecule has 0 aromatic heterocycles. The normalized spacial score (nSPS) is 18.8. The highest BCUT2D eigenvalue weighted by Crippen LogP contribution is 2.40. The van der Waals surface area contributed by atoms with Crippen molar-refractivity contribution < 1.29 is 9.90 Å². The predicted molar refractivity (Wildman–Crippen MR) is 102 cm³/mol. The lowest BCUT2D eigenvalue weighted by Crippen LogP contribution is -2.42. The first-order valence-corrected chi connectivity index (χ1v) is 9.03. The molecule has 3 N–H and O–H groups in total. The van der Waals surface area contributed by atoms with Crippen LogP contribution in [0.2, 0.25) is 0 Å². The molecule has 2 aromatic rings. The lowest BCUT2D eigenvalue weighted by molar-refractivity contribution is -0.110. The molecule has 0 radical (unpaired) electrons. The summed E-state index contributed by atoms with van der Waals surface area (Å²) in [5.41, 5.74) is 4.07. The van der Waals surface area contributed by atoms with Crippen LogP contribution in [0.25, 0.3) is 11.3 Å². The van der Waals surface area contributed by atoms with Gasteiger partial charge in [0, 0.05) is 47.5 Å². The van der Waals surface area contributed by atoms with E-state index in [1.807, 2.05) is 30.3 Å². The second-order valence-electron chi connectivity index (χ2n) is 6.16. The summed E-state index contributed by atoms with van der Waals surface area (Å²) in [6, 6.07) is 12.9. The summed E-state index contributed by atoms with van der Waals surface area (Å²) in [4.78, 5) is 15.0. The quantitative estimate of drug-likeness (QED) is 0.679. The van der Waals surface area contributed by atoms with Gasteiger partial charge in [-0.05, 0) is 30.3 Å². The highest BCUT2D eigenvalue weighted by Gasteiger charge is 2.31. The Morgan fingerprint density at radius 2 is 1.92 bits per heavy atom. The van der Waals surface area contributed by atoms with Crippen LogP contribution < -0.4 is 10.6 Å². The number of piperazine rings is 1. The zero-order valence-electron chi connectivity index (χ0n) is 13.6. The van der Waals surface area contributed by atoms with Crippen LogP contribution >= 0.6 is 15.9 Å². The molecule has 2 aromatic carbocycles. The summed E-state index contributed by atoms with van der Waals surface area (Å²) in [5, 5.41) is 16.2. The molecule has 0 spiro atoms. The third-order valence-corrected chi connectivity index (χ3v) is 5.01. The fraction of sp³-hybridized carbons (Fsp3) is 0.211. The smallest absolute Gasteiger partial charge is 0.258 e. The number of phenols is 1. The van der Waals surface area contributed by atoms with Gasteiger partial charge in [-0.2, -0.15) is 0 Å². The van der Waals surface area contributed by atoms with Crippen LogP contribution in [0.4, 0.5) is 5.69 Å². The van der Waals surface area contributed by atoms with Crippen LogP contribution in [-0.4, -0.2) is 42.1 Å². The van der Waals surface area contributed by atoms with Crippen molar-refractivity contribution in [1.29, 1.82) is 0 Å². The minimum Gasteiger partial charge on any atom is -0.508 e. The number of fused-ring (bicyclic) bond motifs is 1. The number of halogens is 1. The largest absolute Gasteiger partial charge is 0.508 e. The van der Waals surface area contributed by atoms with E-state index < -0.39 is 0 Å². The second-order valence-corrected chi connectivity index (χ2v) is 7.07. The molecule has 128 valence electrons. The highest BCUT2D eigenvalue weighted by molar-refractivity contribution is 9.10. The van der Waals surface area contributed by atoms with Gasteiger partial charge in [-0.15, -0.1) is 0 Å². The number of nitrogens with one attached hydrogen (secondary N) is 2. The molecule has 1 saturated heterocycles. The van der Waals surface area contributed by atoms with E-state index in [-0.39, 0.29) is 11.7 Å². The molecule has 1 amide bonds. The SMILES string of the molecule is O=C1Nc2ccc(Br)cc2/C1=C(\c1cccc(O)c1)N1CCNCC1. The summed E-state index contributed by atoms with van der Waals surface area (Å²) in [5.74, 6) is 0.0866. The van der Waals surface area contributed by atoms with E-state index in [0.29, 0.717) is 5.57 Å². The molecule has 2 aliphatic rings. The maximum absolute atomic E-state index is 12.8. The van der Waals surface area contributed by atoms with Crippen molar-refractivity contribution in [2.45, 2.75) is 0 Å². The molecule has 5 nitrogen and oxygen atoms in total. The first-order chi connectivity index (χ1) is 12.1. The maximum Gasteiger partial charge on any atom is 0.258 e. The zero-order valence-corrected chi connectivity index (χ0v) is 15.1. The number of carbonyl (C=O) groups is 1. The fourth-order valence-electron chi connectivity index (χ4n) is 3.40. The summed E-state index contributed by atoms with van der Waals surface area (Å²) >= 11 is 3.50. The zero-order chi connectivity index (χ0) is 17.4. The Hall–Kier alpha value is -2.31. The van der Waals surface area contributed by atoms with E-state index in [9.17, 15) is 9.90 Å². The van der Waals surface area contributed by atoms with Crippen LogP contribution in [0.3, 0.4) is 0 Å². The highest BCUT2D eigenvalue weighted by atomic mass is 79.9. The van der Waals surface area contributed by atoms with Gasteiger partial charge in [0.15, 0.2) is 0 Å². The summed E-state index contributed by atoms with van der Waals surface area (Å²) < 4.78 is 0.927. The number of aromatic hydroxyl groups is 1. The molecule has 0 bridgehead atoms. The number of hydrogen-bond donors (Lipinski definition) is 3. The van der Waals surface area contributed by atoms with Crippen molar-refractivity contribution in [3.8, 4) is 5.75 Å². The van der Waals surface area contributed by atoms with Gasteiger partial charge in [-0.1, -0.05) is 28.1 Å². The predicted octanol–water partition coefficient (Wildman–Crippen LogP) is 2.88. The van der Waals surface area contributed by atoms with Crippen LogP contribution in [0.1, 0.15) is 11.1 Å². The minimum atomic E-state index is -0.107. The van der Waals surface area contributed by atoms with Crippen molar-refractivity contribution in [3.05, 3.63) is 58.1 Å². The van der Waals surface area contributed by atoms with Gasteiger partial charge >= 0.3 is 0 Å². The summed E-state index contributed by atoms with van der Waals surface area (Å²) in [7, 11) is 0. The van der Waals surface area contributed by atoms with Gasteiger partial charge in [0.25, 0.3) is 5.91 Å². The van der Waals surface area contributed by atoms with E-state index in [1.54, 1.807) is 12.1 Å². The van der Waals surface area contributed by atoms with Crippen molar-refractivity contribution in [2.75, 3.05) is 31.5 Å². The van der Waals surface area contributed by atoms with Crippen molar-refractivity contribution >= 4 is 38.8 Å². The van der Waals surface area contributed by atoms with Crippen LogP contribution in [0.5, 0.6) is 5.75 Å². The molecule has 0 unspecified atom stereocenters. The Morgan fingerprint density at radius 1 is 1.12 bits per heavy atom. The third kappa shape index (κ3) is 3.03. The van der Waals surface area contributed by atoms with E-state index in [1.165, 1.54) is 0 Å². The first kappa shape index (κ1) is 16.2. The molecule has 2 aliphatic heterocycles. The molecule has 6 heteroatoms. The number of nitrogens with zero attached hydrogens (tertiary/aromatic N) is 1. The standard InChI is InChI=1S/C19H18BrN3O2/c20-13-4-5-16-15(11-13)17(19(25)22-16)18(23-8-6-21-7-9-23)12-2-1-3-14(24)10-12/h1-5,10-11,21,24H,6-9H2,(H,22,25)/b18-17-. The van der Waals surface area contributed by atoms with E-state index in [4.69, 9.17) is 0 Å². The van der Waals surface area contributed by atoms with Crippen molar-refractivity contribution in [3.63, 3.8) is 0 Å². The van der Waals surface area contributed by atoms with Crippen LogP contribution in [0, 0.1) is 0 Å². The van der Waals surface area contributed by atoms with E-state index in [2.05, 4.69) is 31.5 Å². The number of amides is 1. The van der Waals surface area contributed by atoms with Crippen LogP contribution in [-0.2, 0) is 4.79 Å². The lowest BCUT2D eigenvalue weighted by atomic mass is 9.98. The third-order valence-electron chi connectivity index (χ3n) is 4.52. The minimum absolute atomic E-state index is 0.107. The van der Waals surface area contributed by atoms with Crippen molar-refractivity contribution in [1.82, 2.24) is 10.2 Å². The number of phenolic OH excluding ortho intramolecular Hbond substituents is 1. The van der Waals surface area contributed by atoms with Gasteiger partial charge < -0.3 is 20.6 Å². The monoisotopic (exact) mass is 399 g/mol. The Kier molecular flexibility index (Phi) is 4.23. The van der Waals surface area contributed by atoms with Crippen molar-refractivity contribution in [2.24, 2.45) is 0 Å². The molecule has 1 fully saturated rings. The Labute approximate surface area is 154 Å². The Balaban J connectivity index is 1.95. The Morgan fingerprint density at radius 3 is 2.68 bits per heavy atom. The molecule has 25 heavy (non-hydrogen) atoms. The van der Waals surface area contributed by atoms with Gasteiger partial charge in [0.05, 0.1) is 11.3 Å². The number of anilines is 1. The number of rotatable bonds is 2. The molecular weight excluding hydrogens is 382 g/mol. The lowest BCUT2D eigenvalue weighted by Gasteiger charge is -2.33. The van der Waals surface area contributed by atoms with Gasteiger partial charge in [-0.25, -0.2) is 0 Å². The van der Waals surface area contributed by atoms with E-state index in [0.717, 1.165) is 53.2 Å². The molecule has 4 rings (SSSR count). The molecule has 0 aliphatic carbocycles. The van der Waals surface area contributed by atoms with Gasteiger partial charge in [0.1, 0.15) is 5.75 Å². The topological polar surface area (TPSA) is 64.6 Å². The molecule has 2 heterocycles.